The molecule has 1 heterocycles. The van der Waals surface area contributed by atoms with Gasteiger partial charge in [0.25, 0.3) is 0 Å². The van der Waals surface area contributed by atoms with Crippen LogP contribution in [-0.2, 0) is 4.79 Å². The third kappa shape index (κ3) is 3.77. The zero-order valence-corrected chi connectivity index (χ0v) is 13.3. The van der Waals surface area contributed by atoms with E-state index in [4.69, 9.17) is 16.7 Å². The van der Waals surface area contributed by atoms with Crippen LogP contribution >= 0.6 is 11.6 Å². The van der Waals surface area contributed by atoms with E-state index in [-0.39, 0.29) is 0 Å². The normalized spacial score (nSPS) is 22.4. The lowest BCUT2D eigenvalue weighted by Crippen LogP contribution is -2.34. The van der Waals surface area contributed by atoms with Gasteiger partial charge in [0.2, 0.25) is 0 Å². The molecule has 0 amide bonds. The van der Waals surface area contributed by atoms with E-state index in [2.05, 4.69) is 30.8 Å². The van der Waals surface area contributed by atoms with Crippen molar-refractivity contribution >= 4 is 29.3 Å². The number of carboxylic acid groups (broad SMARTS) is 1. The Hall–Kier alpha value is -1.52. The third-order valence-corrected chi connectivity index (χ3v) is 4.32. The number of hydrogen-bond donors (Lipinski definition) is 1. The van der Waals surface area contributed by atoms with Crippen molar-refractivity contribution in [2.24, 2.45) is 5.92 Å². The van der Waals surface area contributed by atoms with Crippen LogP contribution in [0.3, 0.4) is 0 Å². The van der Waals surface area contributed by atoms with Gasteiger partial charge in [-0.2, -0.15) is 0 Å². The number of carbonyl (C=O) groups is 1. The SMILES string of the molecule is CC1CN(c2ccc(/C=C/C(=O)O)c(Cl)c2)CC1N(C)C. The van der Waals surface area contributed by atoms with Gasteiger partial charge < -0.3 is 14.9 Å². The van der Waals surface area contributed by atoms with E-state index in [1.807, 2.05) is 18.2 Å². The summed E-state index contributed by atoms with van der Waals surface area (Å²) in [5, 5.41) is 9.24. The Kier molecular flexibility index (Phi) is 4.91. The molecule has 0 saturated carbocycles. The number of rotatable bonds is 4. The molecule has 0 spiro atoms. The van der Waals surface area contributed by atoms with Crippen LogP contribution in [0, 0.1) is 5.92 Å². The van der Waals surface area contributed by atoms with Crippen LogP contribution in [0.1, 0.15) is 12.5 Å². The Morgan fingerprint density at radius 1 is 1.43 bits per heavy atom. The molecule has 2 atom stereocenters. The van der Waals surface area contributed by atoms with Gasteiger partial charge in [-0.1, -0.05) is 24.6 Å². The minimum Gasteiger partial charge on any atom is -0.478 e. The van der Waals surface area contributed by atoms with E-state index in [1.54, 1.807) is 0 Å². The number of carboxylic acids is 1. The summed E-state index contributed by atoms with van der Waals surface area (Å²) in [5.41, 5.74) is 1.81. The lowest BCUT2D eigenvalue weighted by Gasteiger charge is -2.23. The van der Waals surface area contributed by atoms with Crippen molar-refractivity contribution in [2.75, 3.05) is 32.1 Å². The van der Waals surface area contributed by atoms with E-state index in [0.717, 1.165) is 30.4 Å². The first-order valence-electron chi connectivity index (χ1n) is 7.00. The van der Waals surface area contributed by atoms with Crippen molar-refractivity contribution in [2.45, 2.75) is 13.0 Å². The Balaban J connectivity index is 2.16. The van der Waals surface area contributed by atoms with E-state index in [1.165, 1.54) is 6.08 Å². The fourth-order valence-corrected chi connectivity index (χ4v) is 3.08. The van der Waals surface area contributed by atoms with Crippen molar-refractivity contribution in [3.63, 3.8) is 0 Å². The van der Waals surface area contributed by atoms with Crippen LogP contribution in [0.25, 0.3) is 6.08 Å². The highest BCUT2D eigenvalue weighted by Gasteiger charge is 2.31. The monoisotopic (exact) mass is 308 g/mol. The summed E-state index contributed by atoms with van der Waals surface area (Å²) in [7, 11) is 4.22. The highest BCUT2D eigenvalue weighted by molar-refractivity contribution is 6.32. The fraction of sp³-hybridized carbons (Fsp3) is 0.438. The first-order valence-corrected chi connectivity index (χ1v) is 7.38. The number of anilines is 1. The van der Waals surface area contributed by atoms with Crippen LogP contribution in [0.4, 0.5) is 5.69 Å². The molecule has 0 radical (unpaired) electrons. The van der Waals surface area contributed by atoms with Gasteiger partial charge in [-0.25, -0.2) is 4.79 Å². The average molecular weight is 309 g/mol. The highest BCUT2D eigenvalue weighted by Crippen LogP contribution is 2.30. The summed E-state index contributed by atoms with van der Waals surface area (Å²) < 4.78 is 0. The molecule has 21 heavy (non-hydrogen) atoms. The molecule has 2 unspecified atom stereocenters. The van der Waals surface area contributed by atoms with Crippen LogP contribution in [0.5, 0.6) is 0 Å². The van der Waals surface area contributed by atoms with E-state index in [0.29, 0.717) is 17.0 Å². The summed E-state index contributed by atoms with van der Waals surface area (Å²) in [6, 6.07) is 6.31. The topological polar surface area (TPSA) is 43.8 Å². The average Bonchev–Trinajstić information content (AvgIpc) is 2.79. The molecule has 1 saturated heterocycles. The maximum absolute atomic E-state index is 10.6. The molecule has 0 aliphatic carbocycles. The van der Waals surface area contributed by atoms with Gasteiger partial charge in [-0.3, -0.25) is 0 Å². The van der Waals surface area contributed by atoms with Gasteiger partial charge in [0, 0.05) is 35.9 Å². The summed E-state index contributed by atoms with van der Waals surface area (Å²) in [5.74, 6) is -0.373. The van der Waals surface area contributed by atoms with Crippen molar-refractivity contribution in [1.82, 2.24) is 4.90 Å². The molecule has 1 aliphatic rings. The fourth-order valence-electron chi connectivity index (χ4n) is 2.84. The third-order valence-electron chi connectivity index (χ3n) is 3.99. The number of halogens is 1. The zero-order valence-electron chi connectivity index (χ0n) is 12.6. The number of likely N-dealkylation sites (N-methyl/N-ethyl adjacent to an activating group) is 1. The minimum atomic E-state index is -0.975. The second-order valence-corrected chi connectivity index (χ2v) is 6.20. The van der Waals surface area contributed by atoms with Gasteiger partial charge >= 0.3 is 5.97 Å². The van der Waals surface area contributed by atoms with Crippen LogP contribution in [0.15, 0.2) is 24.3 Å². The maximum Gasteiger partial charge on any atom is 0.328 e. The quantitative estimate of drug-likeness (QED) is 0.869. The molecule has 1 fully saturated rings. The Morgan fingerprint density at radius 2 is 2.14 bits per heavy atom. The molecule has 1 N–H and O–H groups in total. The van der Waals surface area contributed by atoms with Crippen molar-refractivity contribution in [1.29, 1.82) is 0 Å². The van der Waals surface area contributed by atoms with Crippen LogP contribution in [0.2, 0.25) is 5.02 Å². The number of benzene rings is 1. The van der Waals surface area contributed by atoms with Crippen molar-refractivity contribution in [3.8, 4) is 0 Å². The smallest absolute Gasteiger partial charge is 0.328 e. The van der Waals surface area contributed by atoms with Gasteiger partial charge in [0.1, 0.15) is 0 Å². The van der Waals surface area contributed by atoms with Gasteiger partial charge in [-0.15, -0.1) is 0 Å². The largest absolute Gasteiger partial charge is 0.478 e. The molecule has 0 aromatic heterocycles. The summed E-state index contributed by atoms with van der Waals surface area (Å²) >= 11 is 6.25. The molecule has 0 bridgehead atoms. The lowest BCUT2D eigenvalue weighted by molar-refractivity contribution is -0.131. The predicted molar refractivity (Wildman–Crippen MR) is 87.0 cm³/mol. The van der Waals surface area contributed by atoms with E-state index in [9.17, 15) is 4.79 Å². The van der Waals surface area contributed by atoms with Gasteiger partial charge in [-0.05, 0) is 43.8 Å². The molecule has 1 aliphatic heterocycles. The van der Waals surface area contributed by atoms with E-state index >= 15 is 0 Å². The maximum atomic E-state index is 10.6. The molecular weight excluding hydrogens is 288 g/mol. The molecule has 2 rings (SSSR count). The molecule has 1 aromatic carbocycles. The van der Waals surface area contributed by atoms with Crippen molar-refractivity contribution < 1.29 is 9.90 Å². The second kappa shape index (κ2) is 6.50. The number of hydrogen-bond acceptors (Lipinski definition) is 3. The Bertz CT molecular complexity index is 557. The minimum absolute atomic E-state index is 0.537. The number of nitrogens with zero attached hydrogens (tertiary/aromatic N) is 2. The molecular formula is C16H21ClN2O2. The standard InChI is InChI=1S/C16H21ClN2O2/c1-11-9-19(10-15(11)18(2)3)13-6-4-12(14(17)8-13)5-7-16(20)21/h4-8,11,15H,9-10H2,1-3H3,(H,20,21)/b7-5+. The molecule has 4 nitrogen and oxygen atoms in total. The molecule has 1 aromatic rings. The predicted octanol–water partition coefficient (Wildman–Crippen LogP) is 2.82. The van der Waals surface area contributed by atoms with Crippen LogP contribution in [-0.4, -0.2) is 49.2 Å². The molecule has 114 valence electrons. The van der Waals surface area contributed by atoms with Gasteiger partial charge in [0.15, 0.2) is 0 Å². The Morgan fingerprint density at radius 3 is 2.67 bits per heavy atom. The summed E-state index contributed by atoms with van der Waals surface area (Å²) in [6.07, 6.45) is 2.62. The lowest BCUT2D eigenvalue weighted by atomic mass is 10.1. The number of aliphatic carboxylic acids is 1. The first-order chi connectivity index (χ1) is 9.88. The second-order valence-electron chi connectivity index (χ2n) is 5.79. The first kappa shape index (κ1) is 15.9. The van der Waals surface area contributed by atoms with E-state index < -0.39 is 5.97 Å². The zero-order chi connectivity index (χ0) is 15.6. The summed E-state index contributed by atoms with van der Waals surface area (Å²) in [4.78, 5) is 15.1. The van der Waals surface area contributed by atoms with Gasteiger partial charge in [0.05, 0.1) is 0 Å². The summed E-state index contributed by atoms with van der Waals surface area (Å²) in [6.45, 7) is 4.24. The van der Waals surface area contributed by atoms with Crippen LogP contribution < -0.4 is 4.90 Å². The highest BCUT2D eigenvalue weighted by atomic mass is 35.5. The molecule has 5 heteroatoms. The van der Waals surface area contributed by atoms with Crippen molar-refractivity contribution in [3.05, 3.63) is 34.9 Å². The Labute approximate surface area is 130 Å².